The Kier molecular flexibility index (Phi) is 3.38. The summed E-state index contributed by atoms with van der Waals surface area (Å²) in [5.41, 5.74) is 6.75. The van der Waals surface area contributed by atoms with Gasteiger partial charge in [0.2, 0.25) is 0 Å². The smallest absolute Gasteiger partial charge is 0.292 e. The van der Waals surface area contributed by atoms with Crippen molar-refractivity contribution in [2.75, 3.05) is 23.7 Å². The largest absolute Gasteiger partial charge is 0.393 e. The van der Waals surface area contributed by atoms with Crippen molar-refractivity contribution in [2.45, 2.75) is 26.1 Å². The van der Waals surface area contributed by atoms with Crippen LogP contribution in [0.2, 0.25) is 0 Å². The van der Waals surface area contributed by atoms with E-state index in [-0.39, 0.29) is 23.6 Å². The lowest BCUT2D eigenvalue weighted by molar-refractivity contribution is -0.383. The molecule has 1 aliphatic heterocycles. The van der Waals surface area contributed by atoms with E-state index in [4.69, 9.17) is 10.5 Å². The number of anilines is 2. The number of ether oxygens (including phenoxy) is 1. The molecule has 1 aromatic rings. The molecule has 2 atom stereocenters. The van der Waals surface area contributed by atoms with Crippen LogP contribution >= 0.6 is 0 Å². The van der Waals surface area contributed by atoms with Crippen LogP contribution in [0, 0.1) is 10.1 Å². The van der Waals surface area contributed by atoms with Crippen LogP contribution in [0.15, 0.2) is 18.2 Å². The Bertz CT molecular complexity index is 454. The number of nitrogens with zero attached hydrogens (tertiary/aromatic N) is 2. The molecule has 1 unspecified atom stereocenters. The minimum absolute atomic E-state index is 0.0480. The number of hydrogen-bond acceptors (Lipinski definition) is 5. The molecule has 0 spiro atoms. The van der Waals surface area contributed by atoms with E-state index in [9.17, 15) is 10.1 Å². The number of benzene rings is 1. The standard InChI is InChI=1S/C12H17N3O3/c1-8-6-14(7-9(2)18-8)10-3-4-12(15(16)17)11(13)5-10/h3-5,8-9H,6-7,13H2,1-2H3/t8-,9?/m1/s1. The second kappa shape index (κ2) is 4.81. The van der Waals surface area contributed by atoms with E-state index in [1.54, 1.807) is 12.1 Å². The van der Waals surface area contributed by atoms with Gasteiger partial charge in [-0.1, -0.05) is 0 Å². The summed E-state index contributed by atoms with van der Waals surface area (Å²) in [7, 11) is 0. The van der Waals surface area contributed by atoms with Gasteiger partial charge in [-0.25, -0.2) is 0 Å². The summed E-state index contributed by atoms with van der Waals surface area (Å²) in [6.07, 6.45) is 0.287. The van der Waals surface area contributed by atoms with Crippen molar-refractivity contribution in [1.29, 1.82) is 0 Å². The third-order valence-electron chi connectivity index (χ3n) is 2.99. The summed E-state index contributed by atoms with van der Waals surface area (Å²) in [5.74, 6) is 0. The van der Waals surface area contributed by atoms with Crippen molar-refractivity contribution >= 4 is 17.1 Å². The quantitative estimate of drug-likeness (QED) is 0.492. The van der Waals surface area contributed by atoms with Crippen molar-refractivity contribution in [2.24, 2.45) is 0 Å². The molecule has 0 radical (unpaired) electrons. The fourth-order valence-electron chi connectivity index (χ4n) is 2.29. The van der Waals surface area contributed by atoms with Crippen LogP contribution < -0.4 is 10.6 Å². The summed E-state index contributed by atoms with van der Waals surface area (Å²) in [4.78, 5) is 12.4. The highest BCUT2D eigenvalue weighted by Gasteiger charge is 2.23. The van der Waals surface area contributed by atoms with Crippen molar-refractivity contribution < 1.29 is 9.66 Å². The van der Waals surface area contributed by atoms with E-state index in [0.717, 1.165) is 18.8 Å². The lowest BCUT2D eigenvalue weighted by Crippen LogP contribution is -2.45. The molecule has 0 aliphatic carbocycles. The second-order valence-electron chi connectivity index (χ2n) is 4.66. The number of rotatable bonds is 2. The molecule has 0 bridgehead atoms. The van der Waals surface area contributed by atoms with Crippen molar-refractivity contribution in [3.05, 3.63) is 28.3 Å². The van der Waals surface area contributed by atoms with Gasteiger partial charge in [0.05, 0.1) is 17.1 Å². The van der Waals surface area contributed by atoms with Crippen LogP contribution in [-0.2, 0) is 4.74 Å². The average molecular weight is 251 g/mol. The molecule has 98 valence electrons. The Morgan fingerprint density at radius 3 is 2.50 bits per heavy atom. The first-order valence-corrected chi connectivity index (χ1v) is 5.91. The first-order chi connectivity index (χ1) is 8.47. The van der Waals surface area contributed by atoms with E-state index < -0.39 is 4.92 Å². The Morgan fingerprint density at radius 1 is 1.39 bits per heavy atom. The lowest BCUT2D eigenvalue weighted by atomic mass is 10.1. The van der Waals surface area contributed by atoms with Gasteiger partial charge in [-0.05, 0) is 26.0 Å². The normalized spacial score (nSPS) is 24.0. The Hall–Kier alpha value is -1.82. The molecule has 1 heterocycles. The fourth-order valence-corrected chi connectivity index (χ4v) is 2.29. The summed E-state index contributed by atoms with van der Waals surface area (Å²) in [6, 6.07) is 4.84. The summed E-state index contributed by atoms with van der Waals surface area (Å²) in [6.45, 7) is 5.55. The molecule has 2 N–H and O–H groups in total. The average Bonchev–Trinajstić information content (AvgIpc) is 2.26. The number of nitrogens with two attached hydrogens (primary N) is 1. The van der Waals surface area contributed by atoms with Gasteiger partial charge < -0.3 is 15.4 Å². The molecule has 0 aromatic heterocycles. The second-order valence-corrected chi connectivity index (χ2v) is 4.66. The van der Waals surface area contributed by atoms with Gasteiger partial charge >= 0.3 is 0 Å². The number of nitro groups is 1. The van der Waals surface area contributed by atoms with Gasteiger partial charge in [-0.2, -0.15) is 0 Å². The molecule has 0 amide bonds. The zero-order chi connectivity index (χ0) is 13.3. The maximum atomic E-state index is 10.7. The van der Waals surface area contributed by atoms with Crippen LogP contribution in [0.4, 0.5) is 17.1 Å². The molecule has 1 aliphatic rings. The van der Waals surface area contributed by atoms with E-state index in [1.165, 1.54) is 6.07 Å². The van der Waals surface area contributed by atoms with Crippen LogP contribution in [-0.4, -0.2) is 30.2 Å². The van der Waals surface area contributed by atoms with E-state index >= 15 is 0 Å². The molecule has 18 heavy (non-hydrogen) atoms. The minimum atomic E-state index is -0.469. The Labute approximate surface area is 105 Å². The molecule has 6 nitrogen and oxygen atoms in total. The number of nitro benzene ring substituents is 1. The van der Waals surface area contributed by atoms with Crippen LogP contribution in [0.5, 0.6) is 0 Å². The molecule has 1 fully saturated rings. The van der Waals surface area contributed by atoms with E-state index in [2.05, 4.69) is 4.90 Å². The monoisotopic (exact) mass is 251 g/mol. The van der Waals surface area contributed by atoms with Crippen molar-refractivity contribution in [3.63, 3.8) is 0 Å². The van der Waals surface area contributed by atoms with Gasteiger partial charge in [-0.3, -0.25) is 10.1 Å². The summed E-state index contributed by atoms with van der Waals surface area (Å²) >= 11 is 0. The maximum absolute atomic E-state index is 10.7. The first-order valence-electron chi connectivity index (χ1n) is 5.91. The molecule has 6 heteroatoms. The number of nitrogen functional groups attached to an aromatic ring is 1. The van der Waals surface area contributed by atoms with Crippen molar-refractivity contribution in [1.82, 2.24) is 0 Å². The van der Waals surface area contributed by atoms with E-state index in [0.29, 0.717) is 0 Å². The highest BCUT2D eigenvalue weighted by molar-refractivity contribution is 5.66. The van der Waals surface area contributed by atoms with Crippen LogP contribution in [0.3, 0.4) is 0 Å². The third-order valence-corrected chi connectivity index (χ3v) is 2.99. The Balaban J connectivity index is 2.23. The van der Waals surface area contributed by atoms with Gasteiger partial charge in [0.1, 0.15) is 5.69 Å². The minimum Gasteiger partial charge on any atom is -0.393 e. The summed E-state index contributed by atoms with van der Waals surface area (Å²) in [5, 5.41) is 10.7. The van der Waals surface area contributed by atoms with E-state index in [1.807, 2.05) is 13.8 Å². The molecule has 2 rings (SSSR count). The van der Waals surface area contributed by atoms with Gasteiger partial charge in [-0.15, -0.1) is 0 Å². The zero-order valence-electron chi connectivity index (χ0n) is 10.5. The van der Waals surface area contributed by atoms with Crippen molar-refractivity contribution in [3.8, 4) is 0 Å². The highest BCUT2D eigenvalue weighted by atomic mass is 16.6. The highest BCUT2D eigenvalue weighted by Crippen LogP contribution is 2.28. The van der Waals surface area contributed by atoms with Gasteiger partial charge in [0, 0.05) is 24.8 Å². The lowest BCUT2D eigenvalue weighted by Gasteiger charge is -2.36. The van der Waals surface area contributed by atoms with Crippen LogP contribution in [0.25, 0.3) is 0 Å². The number of hydrogen-bond donors (Lipinski definition) is 1. The molecular weight excluding hydrogens is 234 g/mol. The van der Waals surface area contributed by atoms with Crippen LogP contribution in [0.1, 0.15) is 13.8 Å². The first kappa shape index (κ1) is 12.6. The SMILES string of the molecule is CC1CN(c2ccc([N+](=O)[O-])c(N)c2)C[C@@H](C)O1. The third kappa shape index (κ3) is 2.53. The van der Waals surface area contributed by atoms with Gasteiger partial charge in [0.25, 0.3) is 5.69 Å². The molecule has 1 aromatic carbocycles. The molecule has 1 saturated heterocycles. The Morgan fingerprint density at radius 2 is 2.00 bits per heavy atom. The summed E-state index contributed by atoms with van der Waals surface area (Å²) < 4.78 is 5.65. The topological polar surface area (TPSA) is 81.6 Å². The molecular formula is C12H17N3O3. The zero-order valence-corrected chi connectivity index (χ0v) is 10.5. The fraction of sp³-hybridized carbons (Fsp3) is 0.500. The number of morpholine rings is 1. The predicted octanol–water partition coefficient (Wildman–Crippen LogP) is 1.79. The molecule has 0 saturated carbocycles. The maximum Gasteiger partial charge on any atom is 0.292 e. The predicted molar refractivity (Wildman–Crippen MR) is 69.7 cm³/mol. The van der Waals surface area contributed by atoms with Gasteiger partial charge in [0.15, 0.2) is 0 Å².